The van der Waals surface area contributed by atoms with Crippen LogP contribution in [0.4, 0.5) is 13.2 Å². The summed E-state index contributed by atoms with van der Waals surface area (Å²) in [7, 11) is 0. The van der Waals surface area contributed by atoms with E-state index in [4.69, 9.17) is 19.3 Å². The predicted molar refractivity (Wildman–Crippen MR) is 119 cm³/mol. The van der Waals surface area contributed by atoms with Crippen LogP contribution in [0.5, 0.6) is 5.75 Å². The number of halogens is 3. The van der Waals surface area contributed by atoms with E-state index in [9.17, 15) is 18.0 Å². The number of hydrogen-bond acceptors (Lipinski definition) is 6. The van der Waals surface area contributed by atoms with Gasteiger partial charge < -0.3 is 19.3 Å². The molecule has 2 heterocycles. The summed E-state index contributed by atoms with van der Waals surface area (Å²) >= 11 is 1.37. The molecular weight excluding hydrogens is 471 g/mol. The van der Waals surface area contributed by atoms with E-state index in [2.05, 4.69) is 4.98 Å². The van der Waals surface area contributed by atoms with Crippen LogP contribution in [0.3, 0.4) is 0 Å². The smallest absolute Gasteiger partial charge is 0.416 e. The summed E-state index contributed by atoms with van der Waals surface area (Å²) < 4.78 is 55.0. The first-order valence-corrected chi connectivity index (χ1v) is 11.2. The van der Waals surface area contributed by atoms with Crippen molar-refractivity contribution in [3.05, 3.63) is 70.2 Å². The molecule has 0 atom stereocenters. The third-order valence-electron chi connectivity index (χ3n) is 5.58. The van der Waals surface area contributed by atoms with Crippen LogP contribution in [-0.4, -0.2) is 35.1 Å². The molecule has 0 spiro atoms. The van der Waals surface area contributed by atoms with Crippen LogP contribution in [-0.2, 0) is 27.1 Å². The Morgan fingerprint density at radius 1 is 1.15 bits per heavy atom. The van der Waals surface area contributed by atoms with Crippen molar-refractivity contribution in [1.29, 1.82) is 0 Å². The SMILES string of the molecule is Cc1nc(-c2ccc(C(F)(F)F)cc2)sc1COc1ccc(C2COC(C)(C(=O)O)OC2)cc1. The number of benzene rings is 2. The van der Waals surface area contributed by atoms with Gasteiger partial charge in [-0.1, -0.05) is 24.3 Å². The predicted octanol–water partition coefficient (Wildman–Crippen LogP) is 5.65. The van der Waals surface area contributed by atoms with E-state index in [0.29, 0.717) is 16.3 Å². The summed E-state index contributed by atoms with van der Waals surface area (Å²) in [6.07, 6.45) is -4.37. The molecule has 1 aliphatic heterocycles. The second kappa shape index (κ2) is 9.36. The fourth-order valence-corrected chi connectivity index (χ4v) is 4.38. The minimum atomic E-state index is -4.37. The second-order valence-corrected chi connectivity index (χ2v) is 9.11. The molecule has 0 bridgehead atoms. The first-order valence-electron chi connectivity index (χ1n) is 10.4. The van der Waals surface area contributed by atoms with Crippen LogP contribution >= 0.6 is 11.3 Å². The highest BCUT2D eigenvalue weighted by Gasteiger charge is 2.40. The molecule has 0 radical (unpaired) electrons. The maximum absolute atomic E-state index is 12.8. The van der Waals surface area contributed by atoms with E-state index in [0.717, 1.165) is 28.3 Å². The number of carbonyl (C=O) groups is 1. The van der Waals surface area contributed by atoms with Gasteiger partial charge in [-0.2, -0.15) is 13.2 Å². The van der Waals surface area contributed by atoms with Gasteiger partial charge in [0.05, 0.1) is 29.3 Å². The number of alkyl halides is 3. The van der Waals surface area contributed by atoms with Crippen LogP contribution in [0.15, 0.2) is 48.5 Å². The van der Waals surface area contributed by atoms with Gasteiger partial charge in [0.15, 0.2) is 0 Å². The molecule has 0 saturated carbocycles. The lowest BCUT2D eigenvalue weighted by atomic mass is 9.99. The quantitative estimate of drug-likeness (QED) is 0.478. The molecule has 0 unspecified atom stereocenters. The highest BCUT2D eigenvalue weighted by molar-refractivity contribution is 7.15. The Kier molecular flexibility index (Phi) is 6.66. The van der Waals surface area contributed by atoms with Gasteiger partial charge in [-0.05, 0) is 36.8 Å². The van der Waals surface area contributed by atoms with Crippen LogP contribution in [0.1, 0.15) is 34.5 Å². The van der Waals surface area contributed by atoms with E-state index in [1.807, 2.05) is 31.2 Å². The molecule has 2 aromatic carbocycles. The Balaban J connectivity index is 1.36. The molecule has 1 N–H and O–H groups in total. The monoisotopic (exact) mass is 493 g/mol. The zero-order chi connectivity index (χ0) is 24.5. The Hall–Kier alpha value is -2.95. The maximum Gasteiger partial charge on any atom is 0.416 e. The number of carboxylic acids is 1. The van der Waals surface area contributed by atoms with Crippen LogP contribution in [0.25, 0.3) is 10.6 Å². The van der Waals surface area contributed by atoms with E-state index >= 15 is 0 Å². The molecule has 0 aliphatic carbocycles. The van der Waals surface area contributed by atoms with Gasteiger partial charge in [0, 0.05) is 18.4 Å². The highest BCUT2D eigenvalue weighted by Crippen LogP contribution is 2.34. The normalized spacial score (nSPS) is 20.8. The molecule has 1 fully saturated rings. The minimum Gasteiger partial charge on any atom is -0.488 e. The van der Waals surface area contributed by atoms with Crippen molar-refractivity contribution in [3.8, 4) is 16.3 Å². The van der Waals surface area contributed by atoms with Gasteiger partial charge in [0.2, 0.25) is 0 Å². The fourth-order valence-electron chi connectivity index (χ4n) is 3.40. The molecule has 10 heteroatoms. The zero-order valence-electron chi connectivity index (χ0n) is 18.4. The number of hydrogen-bond donors (Lipinski definition) is 1. The van der Waals surface area contributed by atoms with Gasteiger partial charge >= 0.3 is 12.1 Å². The van der Waals surface area contributed by atoms with Crippen molar-refractivity contribution < 1.29 is 37.3 Å². The van der Waals surface area contributed by atoms with Crippen LogP contribution in [0.2, 0.25) is 0 Å². The molecule has 180 valence electrons. The molecule has 1 aromatic heterocycles. The lowest BCUT2D eigenvalue weighted by Crippen LogP contribution is -2.47. The summed E-state index contributed by atoms with van der Waals surface area (Å²) in [5.41, 5.74) is 1.62. The average molecular weight is 494 g/mol. The molecule has 1 aliphatic rings. The molecule has 1 saturated heterocycles. The van der Waals surface area contributed by atoms with E-state index in [1.165, 1.54) is 30.4 Å². The van der Waals surface area contributed by atoms with Gasteiger partial charge in [0.25, 0.3) is 5.79 Å². The zero-order valence-corrected chi connectivity index (χ0v) is 19.2. The van der Waals surface area contributed by atoms with Crippen LogP contribution < -0.4 is 4.74 Å². The summed E-state index contributed by atoms with van der Waals surface area (Å²) in [4.78, 5) is 16.5. The number of aliphatic carboxylic acids is 1. The fraction of sp³-hybridized carbons (Fsp3) is 0.333. The van der Waals surface area contributed by atoms with Gasteiger partial charge in [-0.15, -0.1) is 11.3 Å². The van der Waals surface area contributed by atoms with Crippen molar-refractivity contribution in [3.63, 3.8) is 0 Å². The standard InChI is InChI=1S/C24H22F3NO5S/c1-14-20(34-21(28-14)16-3-7-18(8-4-16)24(25,26)27)13-31-19-9-5-15(6-10-19)17-11-32-23(2,22(29)30)33-12-17/h3-10,17H,11-13H2,1-2H3,(H,29,30). The van der Waals surface area contributed by atoms with Crippen molar-refractivity contribution in [1.82, 2.24) is 4.98 Å². The third-order valence-corrected chi connectivity index (χ3v) is 6.76. The number of rotatable bonds is 6. The highest BCUT2D eigenvalue weighted by atomic mass is 32.1. The number of nitrogens with zero attached hydrogens (tertiary/aromatic N) is 1. The molecule has 6 nitrogen and oxygen atoms in total. The molecular formula is C24H22F3NO5S. The lowest BCUT2D eigenvalue weighted by Gasteiger charge is -2.34. The number of aromatic nitrogens is 1. The summed E-state index contributed by atoms with van der Waals surface area (Å²) in [5.74, 6) is -2.22. The summed E-state index contributed by atoms with van der Waals surface area (Å²) in [5, 5.41) is 9.79. The maximum atomic E-state index is 12.8. The summed E-state index contributed by atoms with van der Waals surface area (Å²) in [6.45, 7) is 3.95. The van der Waals surface area contributed by atoms with Crippen molar-refractivity contribution in [2.24, 2.45) is 0 Å². The number of ether oxygens (including phenoxy) is 3. The minimum absolute atomic E-state index is 0.0866. The first-order chi connectivity index (χ1) is 16.0. The lowest BCUT2D eigenvalue weighted by molar-refractivity contribution is -0.262. The van der Waals surface area contributed by atoms with E-state index in [-0.39, 0.29) is 25.7 Å². The first kappa shape index (κ1) is 24.2. The Labute approximate surface area is 197 Å². The summed E-state index contributed by atoms with van der Waals surface area (Å²) in [6, 6.07) is 12.3. The second-order valence-electron chi connectivity index (χ2n) is 8.03. The number of carboxylic acid groups (broad SMARTS) is 1. The number of thiazole rings is 1. The molecule has 4 rings (SSSR count). The van der Waals surface area contributed by atoms with Gasteiger partial charge in [-0.3, -0.25) is 0 Å². The van der Waals surface area contributed by atoms with Gasteiger partial charge in [-0.25, -0.2) is 9.78 Å². The van der Waals surface area contributed by atoms with Gasteiger partial charge in [0.1, 0.15) is 17.4 Å². The topological polar surface area (TPSA) is 77.9 Å². The van der Waals surface area contributed by atoms with E-state index < -0.39 is 23.5 Å². The molecule has 3 aromatic rings. The molecule has 34 heavy (non-hydrogen) atoms. The third kappa shape index (κ3) is 5.24. The Bertz CT molecular complexity index is 1150. The van der Waals surface area contributed by atoms with E-state index in [1.54, 1.807) is 0 Å². The Morgan fingerprint density at radius 2 is 1.76 bits per heavy atom. The van der Waals surface area contributed by atoms with Crippen molar-refractivity contribution in [2.75, 3.05) is 13.2 Å². The van der Waals surface area contributed by atoms with Crippen molar-refractivity contribution in [2.45, 2.75) is 38.3 Å². The average Bonchev–Trinajstić information content (AvgIpc) is 3.18. The molecule has 0 amide bonds. The Morgan fingerprint density at radius 3 is 2.32 bits per heavy atom. The van der Waals surface area contributed by atoms with Crippen molar-refractivity contribution >= 4 is 17.3 Å². The largest absolute Gasteiger partial charge is 0.488 e. The van der Waals surface area contributed by atoms with Crippen LogP contribution in [0, 0.1) is 6.92 Å². The number of aryl methyl sites for hydroxylation is 1.